The number of aromatic nitrogens is 1. The molecule has 3 rings (SSSR count). The molecule has 1 saturated heterocycles. The van der Waals surface area contributed by atoms with E-state index in [9.17, 15) is 4.79 Å². The van der Waals surface area contributed by atoms with Crippen LogP contribution in [0, 0.1) is 13.8 Å². The van der Waals surface area contributed by atoms with Crippen molar-refractivity contribution in [3.63, 3.8) is 0 Å². The number of methoxy groups -OCH3 is 3. The van der Waals surface area contributed by atoms with Gasteiger partial charge >= 0.3 is 0 Å². The van der Waals surface area contributed by atoms with E-state index in [4.69, 9.17) is 14.2 Å². The summed E-state index contributed by atoms with van der Waals surface area (Å²) in [6.07, 6.45) is 0. The number of aryl methyl sites for hydroxylation is 1. The Hall–Kier alpha value is -2.51. The summed E-state index contributed by atoms with van der Waals surface area (Å²) in [6.45, 7) is 9.51. The molecular weight excluding hydrogens is 382 g/mol. The van der Waals surface area contributed by atoms with Crippen molar-refractivity contribution < 1.29 is 28.8 Å². The predicted octanol–water partition coefficient (Wildman–Crippen LogP) is -0.166. The number of carbonyl (C=O) groups excluding carboxylic acids is 1. The second kappa shape index (κ2) is 9.53. The number of nitrogens with one attached hydrogen (secondary N) is 2. The van der Waals surface area contributed by atoms with Crippen molar-refractivity contribution in [2.24, 2.45) is 7.05 Å². The molecule has 0 aliphatic carbocycles. The molecular formula is C23H35N3O4+2. The molecule has 2 N–H and O–H groups in total. The first kappa shape index (κ1) is 22.2. The van der Waals surface area contributed by atoms with E-state index in [1.54, 1.807) is 21.3 Å². The Morgan fingerprint density at radius 3 is 2.13 bits per heavy atom. The van der Waals surface area contributed by atoms with Crippen LogP contribution in [-0.4, -0.2) is 64.4 Å². The largest absolute Gasteiger partial charge is 0.493 e. The van der Waals surface area contributed by atoms with E-state index in [1.165, 1.54) is 9.80 Å². The molecule has 2 heterocycles. The lowest BCUT2D eigenvalue weighted by Crippen LogP contribution is -3.27. The summed E-state index contributed by atoms with van der Waals surface area (Å²) in [5.74, 6) is 2.30. The summed E-state index contributed by atoms with van der Waals surface area (Å²) < 4.78 is 18.6. The molecule has 1 aromatic carbocycles. The monoisotopic (exact) mass is 417 g/mol. The number of ether oxygens (including phenoxy) is 3. The quantitative estimate of drug-likeness (QED) is 0.586. The number of Topliss-reactive ketones (excluding diaryl/α,β-unsaturated/α-hetero) is 1. The van der Waals surface area contributed by atoms with Gasteiger partial charge in [0.2, 0.25) is 11.5 Å². The van der Waals surface area contributed by atoms with Gasteiger partial charge in [0.1, 0.15) is 39.3 Å². The highest BCUT2D eigenvalue weighted by Gasteiger charge is 2.28. The van der Waals surface area contributed by atoms with Crippen LogP contribution in [0.15, 0.2) is 18.2 Å². The average Bonchev–Trinajstić information content (AvgIpc) is 3.01. The van der Waals surface area contributed by atoms with Crippen molar-refractivity contribution in [3.8, 4) is 17.2 Å². The molecule has 0 amide bonds. The second-order valence-corrected chi connectivity index (χ2v) is 8.11. The number of benzene rings is 1. The fourth-order valence-corrected chi connectivity index (χ4v) is 4.34. The summed E-state index contributed by atoms with van der Waals surface area (Å²) in [5, 5.41) is 0. The van der Waals surface area contributed by atoms with E-state index in [0.717, 1.165) is 61.0 Å². The molecule has 164 valence electrons. The van der Waals surface area contributed by atoms with Gasteiger partial charge in [-0.2, -0.15) is 0 Å². The molecule has 0 saturated carbocycles. The van der Waals surface area contributed by atoms with Crippen molar-refractivity contribution in [3.05, 3.63) is 40.7 Å². The van der Waals surface area contributed by atoms with Gasteiger partial charge in [-0.1, -0.05) is 0 Å². The highest BCUT2D eigenvalue weighted by Crippen LogP contribution is 2.39. The maximum atomic E-state index is 12.8. The molecule has 0 unspecified atom stereocenters. The zero-order valence-corrected chi connectivity index (χ0v) is 19.1. The molecule has 7 nitrogen and oxygen atoms in total. The number of hydrogen-bond donors (Lipinski definition) is 2. The van der Waals surface area contributed by atoms with Crippen LogP contribution in [0.1, 0.15) is 27.3 Å². The lowest BCUT2D eigenvalue weighted by atomic mass is 10.1. The molecule has 1 aromatic heterocycles. The van der Waals surface area contributed by atoms with Gasteiger partial charge in [0.15, 0.2) is 11.5 Å². The van der Waals surface area contributed by atoms with E-state index >= 15 is 0 Å². The van der Waals surface area contributed by atoms with E-state index in [0.29, 0.717) is 18.0 Å². The Balaban J connectivity index is 1.60. The lowest BCUT2D eigenvalue weighted by Gasteiger charge is -2.30. The Labute approximate surface area is 179 Å². The summed E-state index contributed by atoms with van der Waals surface area (Å²) in [6, 6.07) is 6.00. The maximum absolute atomic E-state index is 12.8. The summed E-state index contributed by atoms with van der Waals surface area (Å²) >= 11 is 0. The number of piperazine rings is 1. The fourth-order valence-electron chi connectivity index (χ4n) is 4.34. The molecule has 1 fully saturated rings. The standard InChI is InChI=1S/C23H33N3O4/c1-16-13-19(17(2)24(16)3)20(27)15-26-11-9-25(10-12-26)14-18-7-8-21(28-4)23(30-6)22(18)29-5/h7-8,13H,9-12,14-15H2,1-6H3/p+2. The predicted molar refractivity (Wildman–Crippen MR) is 115 cm³/mol. The van der Waals surface area contributed by atoms with Gasteiger partial charge < -0.3 is 28.6 Å². The highest BCUT2D eigenvalue weighted by atomic mass is 16.5. The van der Waals surface area contributed by atoms with Crippen LogP contribution in [0.4, 0.5) is 0 Å². The third kappa shape index (κ3) is 4.47. The van der Waals surface area contributed by atoms with Crippen LogP contribution in [-0.2, 0) is 13.6 Å². The van der Waals surface area contributed by atoms with Gasteiger partial charge in [0, 0.05) is 24.0 Å². The van der Waals surface area contributed by atoms with Gasteiger partial charge in [-0.3, -0.25) is 4.79 Å². The number of nitrogens with zero attached hydrogens (tertiary/aromatic N) is 1. The van der Waals surface area contributed by atoms with Crippen LogP contribution in [0.25, 0.3) is 0 Å². The van der Waals surface area contributed by atoms with E-state index in [-0.39, 0.29) is 5.78 Å². The van der Waals surface area contributed by atoms with Crippen molar-refractivity contribution in [1.29, 1.82) is 0 Å². The number of hydrogen-bond acceptors (Lipinski definition) is 4. The van der Waals surface area contributed by atoms with E-state index in [1.807, 2.05) is 33.0 Å². The van der Waals surface area contributed by atoms with Crippen LogP contribution in [0.2, 0.25) is 0 Å². The normalized spacial score (nSPS) is 18.9. The minimum atomic E-state index is 0.246. The highest BCUT2D eigenvalue weighted by molar-refractivity contribution is 5.98. The second-order valence-electron chi connectivity index (χ2n) is 8.11. The molecule has 30 heavy (non-hydrogen) atoms. The molecule has 0 bridgehead atoms. The number of rotatable bonds is 8. The Bertz CT molecular complexity index is 898. The Morgan fingerprint density at radius 2 is 1.60 bits per heavy atom. The fraction of sp³-hybridized carbons (Fsp3) is 0.522. The Morgan fingerprint density at radius 1 is 0.967 bits per heavy atom. The van der Waals surface area contributed by atoms with Crippen molar-refractivity contribution in [2.45, 2.75) is 20.4 Å². The van der Waals surface area contributed by atoms with Gasteiger partial charge in [-0.25, -0.2) is 0 Å². The van der Waals surface area contributed by atoms with Gasteiger partial charge in [-0.05, 0) is 32.0 Å². The van der Waals surface area contributed by atoms with Crippen LogP contribution < -0.4 is 24.0 Å². The van der Waals surface area contributed by atoms with Crippen LogP contribution in [0.5, 0.6) is 17.2 Å². The number of ketones is 1. The minimum absolute atomic E-state index is 0.246. The third-order valence-corrected chi connectivity index (χ3v) is 6.38. The molecule has 2 aromatic rings. The first-order chi connectivity index (χ1) is 14.4. The van der Waals surface area contributed by atoms with Gasteiger partial charge in [0.25, 0.3) is 0 Å². The topological polar surface area (TPSA) is 58.6 Å². The first-order valence-corrected chi connectivity index (χ1v) is 10.5. The molecule has 0 radical (unpaired) electrons. The van der Waals surface area contributed by atoms with Crippen LogP contribution >= 0.6 is 0 Å². The maximum Gasteiger partial charge on any atom is 0.218 e. The Kier molecular flexibility index (Phi) is 7.05. The SMILES string of the molecule is COc1ccc(C[NH+]2CC[NH+](CC(=O)c3cc(C)n(C)c3C)CC2)c(OC)c1OC. The first-order valence-electron chi connectivity index (χ1n) is 10.5. The lowest BCUT2D eigenvalue weighted by molar-refractivity contribution is -1.01. The van der Waals surface area contributed by atoms with E-state index < -0.39 is 0 Å². The zero-order valence-electron chi connectivity index (χ0n) is 19.1. The third-order valence-electron chi connectivity index (χ3n) is 6.38. The van der Waals surface area contributed by atoms with Crippen molar-refractivity contribution >= 4 is 5.78 Å². The molecule has 1 aliphatic heterocycles. The van der Waals surface area contributed by atoms with Gasteiger partial charge in [0.05, 0.1) is 26.9 Å². The summed E-state index contributed by atoms with van der Waals surface area (Å²) in [7, 11) is 6.94. The van der Waals surface area contributed by atoms with E-state index in [2.05, 4.69) is 10.6 Å². The molecule has 7 heteroatoms. The number of quaternary nitrogens is 2. The van der Waals surface area contributed by atoms with Gasteiger partial charge in [-0.15, -0.1) is 0 Å². The molecule has 0 spiro atoms. The average molecular weight is 418 g/mol. The summed E-state index contributed by atoms with van der Waals surface area (Å²) in [4.78, 5) is 15.7. The van der Waals surface area contributed by atoms with Crippen molar-refractivity contribution in [2.75, 3.05) is 54.1 Å². The van der Waals surface area contributed by atoms with Crippen molar-refractivity contribution in [1.82, 2.24) is 4.57 Å². The number of carbonyl (C=O) groups is 1. The summed E-state index contributed by atoms with van der Waals surface area (Å²) in [5.41, 5.74) is 4.16. The molecule has 0 atom stereocenters. The zero-order chi connectivity index (χ0) is 21.8. The molecule has 1 aliphatic rings. The minimum Gasteiger partial charge on any atom is -0.493 e. The smallest absolute Gasteiger partial charge is 0.218 e. The van der Waals surface area contributed by atoms with Crippen LogP contribution in [0.3, 0.4) is 0 Å².